The SMILES string of the molecule is C=CC[C@H](C(N)=O)[C@@H](CC1CCC1)C(=O)NC1C(=O)N(Cc2cccc(Oc3ccccc3)c2)c2ccccc2-c2ccccc21. The van der Waals surface area contributed by atoms with Gasteiger partial charge in [0.25, 0.3) is 5.91 Å². The molecule has 46 heavy (non-hydrogen) atoms. The monoisotopic (exact) mass is 613 g/mol. The Balaban J connectivity index is 1.36. The van der Waals surface area contributed by atoms with E-state index in [0.717, 1.165) is 47.4 Å². The van der Waals surface area contributed by atoms with E-state index in [9.17, 15) is 14.4 Å². The van der Waals surface area contributed by atoms with Crippen LogP contribution >= 0.6 is 0 Å². The third-order valence-electron chi connectivity index (χ3n) is 9.19. The molecule has 2 aliphatic rings. The van der Waals surface area contributed by atoms with Gasteiger partial charge in [0.2, 0.25) is 11.8 Å². The average Bonchev–Trinajstić information content (AvgIpc) is 3.13. The lowest BCUT2D eigenvalue weighted by Gasteiger charge is -2.33. The van der Waals surface area contributed by atoms with Crippen molar-refractivity contribution in [2.45, 2.75) is 44.7 Å². The number of amides is 3. The van der Waals surface area contributed by atoms with Gasteiger partial charge in [-0.2, -0.15) is 0 Å². The van der Waals surface area contributed by atoms with Crippen LogP contribution in [-0.2, 0) is 20.9 Å². The number of fused-ring (bicyclic) bond motifs is 3. The van der Waals surface area contributed by atoms with E-state index in [4.69, 9.17) is 10.5 Å². The molecule has 3 N–H and O–H groups in total. The van der Waals surface area contributed by atoms with Crippen LogP contribution in [0.4, 0.5) is 5.69 Å². The highest BCUT2D eigenvalue weighted by molar-refractivity contribution is 6.06. The Morgan fingerprint density at radius 1 is 0.891 bits per heavy atom. The number of rotatable bonds is 12. The number of allylic oxidation sites excluding steroid dienone is 1. The molecule has 1 unspecified atom stereocenters. The van der Waals surface area contributed by atoms with Crippen molar-refractivity contribution in [2.75, 3.05) is 4.90 Å². The molecule has 1 fully saturated rings. The zero-order valence-electron chi connectivity index (χ0n) is 25.8. The van der Waals surface area contributed by atoms with Crippen LogP contribution < -0.4 is 20.7 Å². The normalized spacial score (nSPS) is 17.0. The van der Waals surface area contributed by atoms with Gasteiger partial charge >= 0.3 is 0 Å². The third kappa shape index (κ3) is 6.59. The summed E-state index contributed by atoms with van der Waals surface area (Å²) in [5.41, 5.74) is 9.92. The Labute approximate surface area is 270 Å². The molecule has 0 spiro atoms. The van der Waals surface area contributed by atoms with E-state index >= 15 is 0 Å². The molecule has 0 aromatic heterocycles. The maximum Gasteiger partial charge on any atom is 0.254 e. The summed E-state index contributed by atoms with van der Waals surface area (Å²) in [5, 5.41) is 3.11. The topological polar surface area (TPSA) is 102 Å². The van der Waals surface area contributed by atoms with Gasteiger partial charge in [0.1, 0.15) is 17.5 Å². The maximum atomic E-state index is 14.7. The summed E-state index contributed by atoms with van der Waals surface area (Å²) in [6, 6.07) is 31.7. The number of primary amides is 1. The Hall–Kier alpha value is -5.17. The van der Waals surface area contributed by atoms with Crippen molar-refractivity contribution >= 4 is 23.4 Å². The molecule has 6 rings (SSSR count). The first kappa shape index (κ1) is 30.8. The van der Waals surface area contributed by atoms with E-state index in [1.165, 1.54) is 0 Å². The van der Waals surface area contributed by atoms with Crippen LogP contribution in [-0.4, -0.2) is 17.7 Å². The number of para-hydroxylation sites is 2. The minimum absolute atomic E-state index is 0.258. The summed E-state index contributed by atoms with van der Waals surface area (Å²) in [4.78, 5) is 43.2. The number of anilines is 1. The van der Waals surface area contributed by atoms with Gasteiger partial charge in [-0.25, -0.2) is 0 Å². The van der Waals surface area contributed by atoms with Gasteiger partial charge in [-0.3, -0.25) is 14.4 Å². The van der Waals surface area contributed by atoms with Crippen LogP contribution in [0.5, 0.6) is 11.5 Å². The highest BCUT2D eigenvalue weighted by Gasteiger charge is 2.40. The van der Waals surface area contributed by atoms with Crippen molar-refractivity contribution in [3.63, 3.8) is 0 Å². The van der Waals surface area contributed by atoms with E-state index in [1.54, 1.807) is 11.0 Å². The van der Waals surface area contributed by atoms with Crippen molar-refractivity contribution < 1.29 is 19.1 Å². The standard InChI is InChI=1S/C39H39N3O4/c1-2-12-33(37(40)43)34(24-26-13-10-14-26)38(44)41-36-32-21-7-6-19-30(32)31-20-8-9-22-35(31)42(39(36)45)25-27-15-11-18-29(23-27)46-28-16-4-3-5-17-28/h2-9,11,15-23,26,33-34,36H,1,10,12-14,24-25H2,(H2,40,43)(H,41,44)/t33-,34+,36?/m0/s1. The molecule has 1 heterocycles. The van der Waals surface area contributed by atoms with E-state index in [0.29, 0.717) is 30.1 Å². The Bertz CT molecular complexity index is 1730. The predicted octanol–water partition coefficient (Wildman–Crippen LogP) is 7.33. The van der Waals surface area contributed by atoms with Gasteiger partial charge in [-0.05, 0) is 65.8 Å². The van der Waals surface area contributed by atoms with Crippen LogP contribution in [0.3, 0.4) is 0 Å². The van der Waals surface area contributed by atoms with Crippen LogP contribution in [0, 0.1) is 17.8 Å². The molecule has 4 aromatic carbocycles. The second kappa shape index (κ2) is 13.9. The van der Waals surface area contributed by atoms with Crippen molar-refractivity contribution in [2.24, 2.45) is 23.5 Å². The van der Waals surface area contributed by atoms with E-state index in [2.05, 4.69) is 11.9 Å². The first-order chi connectivity index (χ1) is 22.4. The number of nitrogens with zero attached hydrogens (tertiary/aromatic N) is 1. The van der Waals surface area contributed by atoms with Gasteiger partial charge in [0, 0.05) is 5.56 Å². The number of nitrogens with two attached hydrogens (primary N) is 1. The molecular weight excluding hydrogens is 574 g/mol. The van der Waals surface area contributed by atoms with Gasteiger partial charge in [0.15, 0.2) is 0 Å². The lowest BCUT2D eigenvalue weighted by Crippen LogP contribution is -2.47. The molecule has 1 aliphatic heterocycles. The van der Waals surface area contributed by atoms with E-state index in [-0.39, 0.29) is 18.4 Å². The molecule has 3 amide bonds. The summed E-state index contributed by atoms with van der Waals surface area (Å²) in [6.45, 7) is 4.06. The zero-order valence-corrected chi connectivity index (χ0v) is 25.8. The quantitative estimate of drug-likeness (QED) is 0.163. The summed E-state index contributed by atoms with van der Waals surface area (Å²) in [6.07, 6.45) is 5.63. The van der Waals surface area contributed by atoms with E-state index < -0.39 is 23.8 Å². The van der Waals surface area contributed by atoms with Crippen LogP contribution in [0.2, 0.25) is 0 Å². The fourth-order valence-electron chi connectivity index (χ4n) is 6.60. The largest absolute Gasteiger partial charge is 0.457 e. The number of hydrogen-bond acceptors (Lipinski definition) is 4. The number of ether oxygens (including phenoxy) is 1. The van der Waals surface area contributed by atoms with Crippen LogP contribution in [0.15, 0.2) is 116 Å². The summed E-state index contributed by atoms with van der Waals surface area (Å²) in [7, 11) is 0. The molecular formula is C39H39N3O4. The summed E-state index contributed by atoms with van der Waals surface area (Å²) < 4.78 is 6.08. The van der Waals surface area contributed by atoms with Crippen LogP contribution in [0.1, 0.15) is 49.3 Å². The van der Waals surface area contributed by atoms with Crippen molar-refractivity contribution in [1.82, 2.24) is 5.32 Å². The highest BCUT2D eigenvalue weighted by atomic mass is 16.5. The minimum atomic E-state index is -0.971. The fraction of sp³-hybridized carbons (Fsp3) is 0.256. The van der Waals surface area contributed by atoms with Crippen molar-refractivity contribution in [3.05, 3.63) is 127 Å². The molecule has 1 saturated carbocycles. The first-order valence-electron chi connectivity index (χ1n) is 15.9. The average molecular weight is 614 g/mol. The number of hydrogen-bond donors (Lipinski definition) is 2. The lowest BCUT2D eigenvalue weighted by atomic mass is 9.74. The lowest BCUT2D eigenvalue weighted by molar-refractivity contribution is -0.136. The highest BCUT2D eigenvalue weighted by Crippen LogP contribution is 2.42. The van der Waals surface area contributed by atoms with Crippen molar-refractivity contribution in [3.8, 4) is 22.6 Å². The number of nitrogens with one attached hydrogen (secondary N) is 1. The predicted molar refractivity (Wildman–Crippen MR) is 180 cm³/mol. The third-order valence-corrected chi connectivity index (χ3v) is 9.19. The van der Waals surface area contributed by atoms with Gasteiger partial charge in [-0.15, -0.1) is 6.58 Å². The van der Waals surface area contributed by atoms with Crippen LogP contribution in [0.25, 0.3) is 11.1 Å². The molecule has 1 aliphatic carbocycles. The molecule has 0 bridgehead atoms. The molecule has 234 valence electrons. The molecule has 4 aromatic rings. The number of benzene rings is 4. The molecule has 3 atom stereocenters. The van der Waals surface area contributed by atoms with E-state index in [1.807, 2.05) is 103 Å². The molecule has 0 radical (unpaired) electrons. The zero-order chi connectivity index (χ0) is 32.0. The Morgan fingerprint density at radius 2 is 1.59 bits per heavy atom. The second-order valence-corrected chi connectivity index (χ2v) is 12.2. The maximum absolute atomic E-state index is 14.7. The fourth-order valence-corrected chi connectivity index (χ4v) is 6.60. The Morgan fingerprint density at radius 3 is 2.30 bits per heavy atom. The molecule has 7 heteroatoms. The smallest absolute Gasteiger partial charge is 0.254 e. The summed E-state index contributed by atoms with van der Waals surface area (Å²) >= 11 is 0. The van der Waals surface area contributed by atoms with Gasteiger partial charge in [0.05, 0.1) is 24.1 Å². The van der Waals surface area contributed by atoms with Crippen molar-refractivity contribution in [1.29, 1.82) is 0 Å². The first-order valence-corrected chi connectivity index (χ1v) is 15.9. The number of carbonyl (C=O) groups excluding carboxylic acids is 3. The number of carbonyl (C=O) groups is 3. The summed E-state index contributed by atoms with van der Waals surface area (Å²) in [5.74, 6) is -0.760. The molecule has 0 saturated heterocycles. The molecule has 7 nitrogen and oxygen atoms in total. The second-order valence-electron chi connectivity index (χ2n) is 12.2. The van der Waals surface area contributed by atoms with Gasteiger partial charge in [-0.1, -0.05) is 98.1 Å². The minimum Gasteiger partial charge on any atom is -0.457 e. The Kier molecular flexibility index (Phi) is 9.29. The van der Waals surface area contributed by atoms with Gasteiger partial charge < -0.3 is 20.7 Å².